The van der Waals surface area contributed by atoms with Crippen molar-refractivity contribution < 1.29 is 22.7 Å². The number of benzene rings is 3. The van der Waals surface area contributed by atoms with E-state index >= 15 is 0 Å². The molecule has 0 atom stereocenters. The molecule has 32 heavy (non-hydrogen) atoms. The van der Waals surface area contributed by atoms with E-state index in [0.29, 0.717) is 27.7 Å². The largest absolute Gasteiger partial charge is 0.573 e. The van der Waals surface area contributed by atoms with E-state index in [1.165, 1.54) is 18.2 Å². The lowest BCUT2D eigenvalue weighted by atomic mass is 9.97. The van der Waals surface area contributed by atoms with E-state index in [4.69, 9.17) is 4.98 Å². The van der Waals surface area contributed by atoms with Gasteiger partial charge in [-0.05, 0) is 42.8 Å². The van der Waals surface area contributed by atoms with Crippen LogP contribution in [0.2, 0.25) is 0 Å². The van der Waals surface area contributed by atoms with Gasteiger partial charge in [0, 0.05) is 27.2 Å². The number of hydrogen-bond acceptors (Lipinski definition) is 3. The van der Waals surface area contributed by atoms with Gasteiger partial charge < -0.3 is 10.1 Å². The molecular formula is C24H16BrF3N2O2. The van der Waals surface area contributed by atoms with Crippen LogP contribution in [-0.4, -0.2) is 17.3 Å². The van der Waals surface area contributed by atoms with Crippen molar-refractivity contribution in [1.29, 1.82) is 0 Å². The number of halogens is 4. The van der Waals surface area contributed by atoms with Crippen LogP contribution in [0.15, 0.2) is 77.3 Å². The van der Waals surface area contributed by atoms with Crippen LogP contribution in [0.5, 0.6) is 5.75 Å². The number of hydrogen-bond donors (Lipinski definition) is 1. The highest BCUT2D eigenvalue weighted by molar-refractivity contribution is 9.10. The minimum atomic E-state index is -4.82. The second-order valence-electron chi connectivity index (χ2n) is 7.02. The van der Waals surface area contributed by atoms with Gasteiger partial charge in [-0.2, -0.15) is 0 Å². The number of carbonyl (C=O) groups excluding carboxylic acids is 1. The van der Waals surface area contributed by atoms with Crippen LogP contribution in [0.4, 0.5) is 18.9 Å². The van der Waals surface area contributed by atoms with Crippen molar-refractivity contribution in [3.63, 3.8) is 0 Å². The number of carbonyl (C=O) groups is 1. The number of pyridine rings is 1. The summed E-state index contributed by atoms with van der Waals surface area (Å²) >= 11 is 3.43. The number of aromatic nitrogens is 1. The zero-order valence-electron chi connectivity index (χ0n) is 16.7. The Morgan fingerprint density at radius 3 is 2.47 bits per heavy atom. The topological polar surface area (TPSA) is 51.2 Å². The van der Waals surface area contributed by atoms with E-state index in [9.17, 15) is 18.0 Å². The Kier molecular flexibility index (Phi) is 5.88. The number of nitrogens with zero attached hydrogens (tertiary/aromatic N) is 1. The van der Waals surface area contributed by atoms with E-state index in [1.54, 1.807) is 19.1 Å². The van der Waals surface area contributed by atoms with Gasteiger partial charge in [0.2, 0.25) is 0 Å². The third-order valence-corrected chi connectivity index (χ3v) is 5.28. The molecule has 4 rings (SSSR count). The summed E-state index contributed by atoms with van der Waals surface area (Å²) in [7, 11) is 0. The number of amides is 1. The Balaban J connectivity index is 1.79. The molecule has 162 valence electrons. The second kappa shape index (κ2) is 8.63. The molecule has 0 aliphatic rings. The monoisotopic (exact) mass is 500 g/mol. The SMILES string of the molecule is Cc1c(-c2ccccc2)nc2ccc(Br)cc2c1C(=O)Nc1cccc(OC(F)(F)F)c1. The zero-order valence-corrected chi connectivity index (χ0v) is 18.3. The molecule has 4 nitrogen and oxygen atoms in total. The maximum atomic E-state index is 13.3. The van der Waals surface area contributed by atoms with Crippen molar-refractivity contribution in [2.75, 3.05) is 5.32 Å². The molecule has 1 amide bonds. The minimum Gasteiger partial charge on any atom is -0.406 e. The average Bonchev–Trinajstić information content (AvgIpc) is 2.73. The Hall–Kier alpha value is -3.39. The molecule has 0 aliphatic carbocycles. The molecule has 0 fully saturated rings. The molecule has 1 aromatic heterocycles. The first-order valence-corrected chi connectivity index (χ1v) is 10.3. The highest BCUT2D eigenvalue weighted by Gasteiger charge is 2.31. The van der Waals surface area contributed by atoms with Gasteiger partial charge in [0.1, 0.15) is 5.75 Å². The fraction of sp³-hybridized carbons (Fsp3) is 0.0833. The summed E-state index contributed by atoms with van der Waals surface area (Å²) < 4.78 is 42.4. The van der Waals surface area contributed by atoms with E-state index in [-0.39, 0.29) is 5.69 Å². The molecule has 0 spiro atoms. The Bertz CT molecular complexity index is 1310. The van der Waals surface area contributed by atoms with Crippen LogP contribution in [0.25, 0.3) is 22.2 Å². The average molecular weight is 501 g/mol. The predicted molar refractivity (Wildman–Crippen MR) is 121 cm³/mol. The smallest absolute Gasteiger partial charge is 0.406 e. The van der Waals surface area contributed by atoms with Gasteiger partial charge >= 0.3 is 6.36 Å². The highest BCUT2D eigenvalue weighted by Crippen LogP contribution is 2.32. The lowest BCUT2D eigenvalue weighted by Gasteiger charge is -2.16. The van der Waals surface area contributed by atoms with Crippen molar-refractivity contribution in [2.24, 2.45) is 0 Å². The van der Waals surface area contributed by atoms with Crippen molar-refractivity contribution in [3.8, 4) is 17.0 Å². The first kappa shape index (κ1) is 21.8. The third kappa shape index (κ3) is 4.75. The third-order valence-electron chi connectivity index (χ3n) is 4.79. The number of anilines is 1. The van der Waals surface area contributed by atoms with Gasteiger partial charge in [-0.1, -0.05) is 52.3 Å². The van der Waals surface area contributed by atoms with Crippen LogP contribution < -0.4 is 10.1 Å². The van der Waals surface area contributed by atoms with Gasteiger partial charge in [-0.3, -0.25) is 4.79 Å². The maximum Gasteiger partial charge on any atom is 0.573 e. The summed E-state index contributed by atoms with van der Waals surface area (Å²) in [6.45, 7) is 1.80. The quantitative estimate of drug-likeness (QED) is 0.324. The van der Waals surface area contributed by atoms with E-state index in [0.717, 1.165) is 16.1 Å². The van der Waals surface area contributed by atoms with Crippen molar-refractivity contribution in [3.05, 3.63) is 88.4 Å². The summed E-state index contributed by atoms with van der Waals surface area (Å²) in [6.07, 6.45) is -4.82. The molecule has 0 saturated heterocycles. The molecule has 0 unspecified atom stereocenters. The van der Waals surface area contributed by atoms with E-state index in [2.05, 4.69) is 26.0 Å². The molecule has 0 aliphatic heterocycles. The molecule has 0 radical (unpaired) electrons. The van der Waals surface area contributed by atoms with E-state index in [1.807, 2.05) is 36.4 Å². The zero-order chi connectivity index (χ0) is 22.9. The second-order valence-corrected chi connectivity index (χ2v) is 7.93. The fourth-order valence-corrected chi connectivity index (χ4v) is 3.83. The molecule has 8 heteroatoms. The summed E-state index contributed by atoms with van der Waals surface area (Å²) in [5.41, 5.74) is 3.35. The molecule has 1 heterocycles. The standard InChI is InChI=1S/C24H16BrF3N2O2/c1-14-21(23(31)29-17-8-5-9-18(13-17)32-24(26,27)28)19-12-16(25)10-11-20(19)30-22(14)15-6-3-2-4-7-15/h2-13H,1H3,(H,29,31). The molecule has 0 saturated carbocycles. The molecule has 1 N–H and O–H groups in total. The lowest BCUT2D eigenvalue weighted by Crippen LogP contribution is -2.18. The summed E-state index contributed by atoms with van der Waals surface area (Å²) in [5.74, 6) is -0.881. The van der Waals surface area contributed by atoms with Gasteiger partial charge in [0.05, 0.1) is 16.8 Å². The highest BCUT2D eigenvalue weighted by atomic mass is 79.9. The van der Waals surface area contributed by atoms with Crippen LogP contribution in [0.1, 0.15) is 15.9 Å². The van der Waals surface area contributed by atoms with Gasteiger partial charge in [-0.25, -0.2) is 4.98 Å². The summed E-state index contributed by atoms with van der Waals surface area (Å²) in [4.78, 5) is 18.1. The van der Waals surface area contributed by atoms with Crippen LogP contribution in [-0.2, 0) is 0 Å². The van der Waals surface area contributed by atoms with E-state index < -0.39 is 18.0 Å². The predicted octanol–water partition coefficient (Wildman–Crippen LogP) is 7.12. The normalized spacial score (nSPS) is 11.4. The van der Waals surface area contributed by atoms with Gasteiger partial charge in [-0.15, -0.1) is 13.2 Å². The number of alkyl halides is 3. The minimum absolute atomic E-state index is 0.178. The number of ether oxygens (including phenoxy) is 1. The Morgan fingerprint density at radius 2 is 1.75 bits per heavy atom. The van der Waals surface area contributed by atoms with Crippen molar-refractivity contribution in [1.82, 2.24) is 4.98 Å². The van der Waals surface area contributed by atoms with Gasteiger partial charge in [0.15, 0.2) is 0 Å². The molecule has 3 aromatic carbocycles. The Labute approximate surface area is 190 Å². The Morgan fingerprint density at radius 1 is 1.00 bits per heavy atom. The lowest BCUT2D eigenvalue weighted by molar-refractivity contribution is -0.274. The van der Waals surface area contributed by atoms with Crippen molar-refractivity contribution in [2.45, 2.75) is 13.3 Å². The van der Waals surface area contributed by atoms with Crippen molar-refractivity contribution >= 4 is 38.4 Å². The first-order valence-electron chi connectivity index (χ1n) is 9.54. The molecular weight excluding hydrogens is 485 g/mol. The first-order chi connectivity index (χ1) is 15.2. The molecule has 4 aromatic rings. The molecule has 0 bridgehead atoms. The number of nitrogens with one attached hydrogen (secondary N) is 1. The van der Waals surface area contributed by atoms with Gasteiger partial charge in [0.25, 0.3) is 5.91 Å². The van der Waals surface area contributed by atoms with Crippen LogP contribution in [0.3, 0.4) is 0 Å². The number of fused-ring (bicyclic) bond motifs is 1. The number of rotatable bonds is 4. The summed E-state index contributed by atoms with van der Waals surface area (Å²) in [6, 6.07) is 20.1. The van der Waals surface area contributed by atoms with Crippen LogP contribution >= 0.6 is 15.9 Å². The van der Waals surface area contributed by atoms with Crippen LogP contribution in [0, 0.1) is 6.92 Å². The maximum absolute atomic E-state index is 13.3. The summed E-state index contributed by atoms with van der Waals surface area (Å²) in [5, 5.41) is 3.31. The fourth-order valence-electron chi connectivity index (χ4n) is 3.46.